The van der Waals surface area contributed by atoms with E-state index < -0.39 is 0 Å². The van der Waals surface area contributed by atoms with Gasteiger partial charge < -0.3 is 15.5 Å². The Hall–Kier alpha value is -3.05. The minimum absolute atomic E-state index is 0.125. The van der Waals surface area contributed by atoms with Gasteiger partial charge in [0.05, 0.1) is 15.7 Å². The molecule has 1 fully saturated rings. The Balaban J connectivity index is 1.18. The average molecular weight is 561 g/mol. The first-order valence-electron chi connectivity index (χ1n) is 13.8. The predicted molar refractivity (Wildman–Crippen MR) is 164 cm³/mol. The zero-order chi connectivity index (χ0) is 27.0. The van der Waals surface area contributed by atoms with Crippen molar-refractivity contribution in [2.45, 2.75) is 31.6 Å². The number of halogens is 2. The quantitative estimate of drug-likeness (QED) is 0.216. The predicted octanol–water partition coefficient (Wildman–Crippen LogP) is 8.40. The number of likely N-dealkylation sites (tertiary alicyclic amines) is 1. The molecule has 4 aromatic rings. The number of nitrogens with one attached hydrogen (secondary N) is 2. The molecule has 1 heterocycles. The number of rotatable bonds is 9. The van der Waals surface area contributed by atoms with Crippen molar-refractivity contribution in [2.24, 2.45) is 5.92 Å². The Morgan fingerprint density at radius 3 is 2.41 bits per heavy atom. The summed E-state index contributed by atoms with van der Waals surface area (Å²) in [4.78, 5) is 15.5. The van der Waals surface area contributed by atoms with Crippen LogP contribution in [0.2, 0.25) is 10.0 Å². The normalized spacial score (nSPS) is 15.2. The third-order valence-corrected chi connectivity index (χ3v) is 8.57. The topological polar surface area (TPSA) is 44.4 Å². The van der Waals surface area contributed by atoms with E-state index in [1.165, 1.54) is 18.4 Å². The van der Waals surface area contributed by atoms with Gasteiger partial charge in [0, 0.05) is 17.8 Å². The lowest BCUT2D eigenvalue weighted by Crippen LogP contribution is -2.37. The second-order valence-electron chi connectivity index (χ2n) is 10.5. The van der Waals surface area contributed by atoms with Crippen LogP contribution in [0.5, 0.6) is 0 Å². The van der Waals surface area contributed by atoms with Crippen molar-refractivity contribution in [1.29, 1.82) is 0 Å². The van der Waals surface area contributed by atoms with Crippen LogP contribution in [0.15, 0.2) is 91.0 Å². The van der Waals surface area contributed by atoms with Crippen LogP contribution < -0.4 is 10.6 Å². The molecule has 0 radical (unpaired) electrons. The van der Waals surface area contributed by atoms with Crippen LogP contribution in [-0.2, 0) is 6.42 Å². The molecule has 2 amide bonds. The van der Waals surface area contributed by atoms with Crippen molar-refractivity contribution in [1.82, 2.24) is 10.2 Å². The van der Waals surface area contributed by atoms with Crippen LogP contribution in [0.3, 0.4) is 0 Å². The maximum absolute atomic E-state index is 12.9. The molecule has 5 rings (SSSR count). The summed E-state index contributed by atoms with van der Waals surface area (Å²) in [6.07, 6.45) is 4.53. The van der Waals surface area contributed by atoms with Crippen molar-refractivity contribution in [3.05, 3.63) is 112 Å². The molecule has 2 N–H and O–H groups in total. The molecule has 1 atom stereocenters. The van der Waals surface area contributed by atoms with Crippen LogP contribution in [0.25, 0.3) is 10.8 Å². The number of carbonyl (C=O) groups is 1. The van der Waals surface area contributed by atoms with Crippen LogP contribution in [0, 0.1) is 5.92 Å². The highest BCUT2D eigenvalue weighted by Crippen LogP contribution is 2.29. The maximum atomic E-state index is 12.9. The molecular weight excluding hydrogens is 525 g/mol. The summed E-state index contributed by atoms with van der Waals surface area (Å²) in [5.74, 6) is 0.869. The summed E-state index contributed by atoms with van der Waals surface area (Å²) < 4.78 is 0. The maximum Gasteiger partial charge on any atom is 0.319 e. The highest BCUT2D eigenvalue weighted by Gasteiger charge is 2.22. The Morgan fingerprint density at radius 1 is 0.872 bits per heavy atom. The molecule has 39 heavy (non-hydrogen) atoms. The number of fused-ring (bicyclic) bond motifs is 1. The fraction of sp³-hybridized carbons (Fsp3) is 0.303. The monoisotopic (exact) mass is 559 g/mol. The van der Waals surface area contributed by atoms with Crippen molar-refractivity contribution >= 4 is 45.7 Å². The lowest BCUT2D eigenvalue weighted by Gasteiger charge is -2.33. The Bertz CT molecular complexity index is 1380. The second kappa shape index (κ2) is 13.3. The van der Waals surface area contributed by atoms with Gasteiger partial charge in [0.25, 0.3) is 0 Å². The van der Waals surface area contributed by atoms with E-state index in [-0.39, 0.29) is 11.9 Å². The summed E-state index contributed by atoms with van der Waals surface area (Å²) >= 11 is 12.6. The number of piperidine rings is 1. The third kappa shape index (κ3) is 7.54. The van der Waals surface area contributed by atoms with Gasteiger partial charge in [-0.15, -0.1) is 0 Å². The van der Waals surface area contributed by atoms with Crippen LogP contribution >= 0.6 is 23.2 Å². The average Bonchev–Trinajstić information content (AvgIpc) is 2.96. The zero-order valence-electron chi connectivity index (χ0n) is 22.1. The summed E-state index contributed by atoms with van der Waals surface area (Å²) in [6, 6.07) is 30.4. The molecule has 6 heteroatoms. The molecule has 4 nitrogen and oxygen atoms in total. The molecule has 0 bridgehead atoms. The van der Waals surface area contributed by atoms with Gasteiger partial charge >= 0.3 is 6.03 Å². The highest BCUT2D eigenvalue weighted by atomic mass is 35.5. The summed E-state index contributed by atoms with van der Waals surface area (Å²) in [6.45, 7) is 3.72. The molecule has 1 saturated heterocycles. The number of benzene rings is 4. The third-order valence-electron chi connectivity index (χ3n) is 7.83. The molecule has 1 unspecified atom stereocenters. The molecule has 0 spiro atoms. The number of carbonyl (C=O) groups excluding carboxylic acids is 1. The smallest absolute Gasteiger partial charge is 0.319 e. The van der Waals surface area contributed by atoms with Gasteiger partial charge in [-0.2, -0.15) is 0 Å². The summed E-state index contributed by atoms with van der Waals surface area (Å²) in [5.41, 5.74) is 3.33. The molecule has 4 aromatic carbocycles. The summed E-state index contributed by atoms with van der Waals surface area (Å²) in [5, 5.41) is 9.34. The van der Waals surface area contributed by atoms with Gasteiger partial charge in [-0.25, -0.2) is 4.79 Å². The van der Waals surface area contributed by atoms with Gasteiger partial charge in [0.15, 0.2) is 0 Å². The Labute approximate surface area is 241 Å². The molecule has 0 aliphatic carbocycles. The van der Waals surface area contributed by atoms with E-state index in [0.717, 1.165) is 60.4 Å². The van der Waals surface area contributed by atoms with Crippen molar-refractivity contribution < 1.29 is 4.79 Å². The van der Waals surface area contributed by atoms with Crippen LogP contribution in [0.1, 0.15) is 36.3 Å². The first kappa shape index (κ1) is 27.5. The molecule has 1 aliphatic rings. The number of nitrogens with zero attached hydrogens (tertiary/aromatic N) is 1. The molecule has 0 aromatic heterocycles. The van der Waals surface area contributed by atoms with E-state index >= 15 is 0 Å². The van der Waals surface area contributed by atoms with Gasteiger partial charge in [-0.05, 0) is 85.9 Å². The lowest BCUT2D eigenvalue weighted by atomic mass is 9.89. The van der Waals surface area contributed by atoms with E-state index in [4.69, 9.17) is 23.2 Å². The number of hydrogen-bond donors (Lipinski definition) is 2. The Kier molecular flexibility index (Phi) is 9.41. The largest absolute Gasteiger partial charge is 0.337 e. The zero-order valence-corrected chi connectivity index (χ0v) is 23.6. The van der Waals surface area contributed by atoms with E-state index in [1.807, 2.05) is 60.7 Å². The molecule has 202 valence electrons. The molecular formula is C33H35Cl2N3O. The fourth-order valence-electron chi connectivity index (χ4n) is 5.57. The first-order chi connectivity index (χ1) is 19.0. The number of amides is 2. The van der Waals surface area contributed by atoms with Crippen molar-refractivity contribution in [2.75, 3.05) is 31.5 Å². The van der Waals surface area contributed by atoms with Gasteiger partial charge in [0.2, 0.25) is 0 Å². The standard InChI is InChI=1S/C33H35Cl2N3O/c34-30-14-13-27(22-31(30)35)28(17-20-38-18-15-25(16-19-38)21-24-7-2-1-3-8-24)23-36-33(39)37-32-12-6-10-26-9-4-5-11-29(26)32/h1-14,22,25,28H,15-21,23H2,(H2,36,37,39). The van der Waals surface area contributed by atoms with Gasteiger partial charge in [-0.1, -0.05) is 96.0 Å². The second-order valence-corrected chi connectivity index (χ2v) is 11.3. The molecule has 1 aliphatic heterocycles. The first-order valence-corrected chi connectivity index (χ1v) is 14.5. The number of hydrogen-bond acceptors (Lipinski definition) is 2. The van der Waals surface area contributed by atoms with Crippen LogP contribution in [-0.4, -0.2) is 37.1 Å². The fourth-order valence-corrected chi connectivity index (χ4v) is 5.88. The van der Waals surface area contributed by atoms with E-state index in [2.05, 4.69) is 45.9 Å². The SMILES string of the molecule is O=C(NCC(CCN1CCC(Cc2ccccc2)CC1)c1ccc(Cl)c(Cl)c1)Nc1cccc2ccccc12. The number of anilines is 1. The van der Waals surface area contributed by atoms with Crippen molar-refractivity contribution in [3.8, 4) is 0 Å². The summed E-state index contributed by atoms with van der Waals surface area (Å²) in [7, 11) is 0. The van der Waals surface area contributed by atoms with Crippen LogP contribution in [0.4, 0.5) is 10.5 Å². The molecule has 0 saturated carbocycles. The van der Waals surface area contributed by atoms with Crippen molar-refractivity contribution in [3.63, 3.8) is 0 Å². The minimum atomic E-state index is -0.210. The van der Waals surface area contributed by atoms with E-state index in [0.29, 0.717) is 16.6 Å². The van der Waals surface area contributed by atoms with E-state index in [1.54, 1.807) is 0 Å². The Morgan fingerprint density at radius 2 is 1.62 bits per heavy atom. The lowest BCUT2D eigenvalue weighted by molar-refractivity contribution is 0.178. The number of urea groups is 1. The van der Waals surface area contributed by atoms with Gasteiger partial charge in [0.1, 0.15) is 0 Å². The van der Waals surface area contributed by atoms with E-state index in [9.17, 15) is 4.79 Å². The van der Waals surface area contributed by atoms with Gasteiger partial charge in [-0.3, -0.25) is 0 Å². The highest BCUT2D eigenvalue weighted by molar-refractivity contribution is 6.42. The minimum Gasteiger partial charge on any atom is -0.337 e.